The van der Waals surface area contributed by atoms with Crippen LogP contribution in [-0.4, -0.2) is 30.7 Å². The van der Waals surface area contributed by atoms with Crippen molar-refractivity contribution in [2.45, 2.75) is 32.1 Å². The van der Waals surface area contributed by atoms with Crippen LogP contribution in [-0.2, 0) is 17.6 Å². The third-order valence-electron chi connectivity index (χ3n) is 4.88. The standard InChI is InChI=1S/C22H25N3O3.ClH/c23-12-13-24-22(28)18-6-1-2-7-19(18)25-21(27)11-10-20(26)17-9-8-15-4-3-5-16(15)14-17;/h1-2,6-9,14H,3-5,10-13,23H2,(H,24,28)(H,25,27);1H. The maximum atomic E-state index is 12.4. The number of rotatable bonds is 8. The average Bonchev–Trinajstić information content (AvgIpc) is 3.18. The number of halogens is 1. The second-order valence-corrected chi connectivity index (χ2v) is 6.90. The molecule has 29 heavy (non-hydrogen) atoms. The van der Waals surface area contributed by atoms with Crippen molar-refractivity contribution in [3.8, 4) is 0 Å². The molecular formula is C22H26ClN3O3. The van der Waals surface area contributed by atoms with Crippen LogP contribution in [0.25, 0.3) is 0 Å². The lowest BCUT2D eigenvalue weighted by Crippen LogP contribution is -2.30. The van der Waals surface area contributed by atoms with Gasteiger partial charge in [0, 0.05) is 31.5 Å². The summed E-state index contributed by atoms with van der Waals surface area (Å²) in [6, 6.07) is 12.6. The normalized spacial score (nSPS) is 11.9. The van der Waals surface area contributed by atoms with Crippen LogP contribution < -0.4 is 16.4 Å². The van der Waals surface area contributed by atoms with Gasteiger partial charge in [-0.25, -0.2) is 0 Å². The second-order valence-electron chi connectivity index (χ2n) is 6.90. The van der Waals surface area contributed by atoms with Gasteiger partial charge in [-0.05, 0) is 48.6 Å². The zero-order chi connectivity index (χ0) is 19.9. The van der Waals surface area contributed by atoms with E-state index in [4.69, 9.17) is 5.73 Å². The van der Waals surface area contributed by atoms with E-state index >= 15 is 0 Å². The first kappa shape index (κ1) is 22.6. The number of carbonyl (C=O) groups is 3. The minimum absolute atomic E-state index is 0. The molecule has 0 bridgehead atoms. The Kier molecular flexibility index (Phi) is 8.36. The van der Waals surface area contributed by atoms with Crippen LogP contribution in [0.1, 0.15) is 51.1 Å². The SMILES string of the molecule is Cl.NCCNC(=O)c1ccccc1NC(=O)CCC(=O)c1ccc2c(c1)CCC2. The summed E-state index contributed by atoms with van der Waals surface area (Å²) in [5, 5.41) is 5.42. The molecule has 0 fully saturated rings. The molecule has 0 saturated heterocycles. The van der Waals surface area contributed by atoms with E-state index in [0.29, 0.717) is 29.9 Å². The molecule has 6 nitrogen and oxygen atoms in total. The van der Waals surface area contributed by atoms with Gasteiger partial charge in [-0.2, -0.15) is 0 Å². The van der Waals surface area contributed by atoms with E-state index in [-0.39, 0.29) is 42.8 Å². The second kappa shape index (κ2) is 10.7. The zero-order valence-electron chi connectivity index (χ0n) is 16.2. The maximum Gasteiger partial charge on any atom is 0.253 e. The Morgan fingerprint density at radius 3 is 2.52 bits per heavy atom. The largest absolute Gasteiger partial charge is 0.351 e. The molecule has 0 aliphatic heterocycles. The summed E-state index contributed by atoms with van der Waals surface area (Å²) in [7, 11) is 0. The topological polar surface area (TPSA) is 101 Å². The minimum atomic E-state index is -0.298. The molecule has 0 heterocycles. The molecule has 0 saturated carbocycles. The first-order valence-corrected chi connectivity index (χ1v) is 9.60. The van der Waals surface area contributed by atoms with Gasteiger partial charge >= 0.3 is 0 Å². The molecule has 4 N–H and O–H groups in total. The van der Waals surface area contributed by atoms with Crippen molar-refractivity contribution < 1.29 is 14.4 Å². The summed E-state index contributed by atoms with van der Waals surface area (Å²) in [5.74, 6) is -0.636. The number of Topliss-reactive ketones (excluding diaryl/α,β-unsaturated/α-hetero) is 1. The molecule has 0 unspecified atom stereocenters. The number of hydrogen-bond acceptors (Lipinski definition) is 4. The molecule has 7 heteroatoms. The molecule has 2 aromatic rings. The fraction of sp³-hybridized carbons (Fsp3) is 0.318. The van der Waals surface area contributed by atoms with Crippen molar-refractivity contribution in [2.24, 2.45) is 5.73 Å². The van der Waals surface area contributed by atoms with Gasteiger partial charge in [0.15, 0.2) is 5.78 Å². The lowest BCUT2D eigenvalue weighted by molar-refractivity contribution is -0.116. The van der Waals surface area contributed by atoms with Crippen LogP contribution in [0.4, 0.5) is 5.69 Å². The monoisotopic (exact) mass is 415 g/mol. The van der Waals surface area contributed by atoms with Crippen molar-refractivity contribution >= 4 is 35.7 Å². The molecule has 0 radical (unpaired) electrons. The first-order valence-electron chi connectivity index (χ1n) is 9.60. The van der Waals surface area contributed by atoms with Crippen LogP contribution in [0.15, 0.2) is 42.5 Å². The van der Waals surface area contributed by atoms with Gasteiger partial charge in [0.1, 0.15) is 0 Å². The molecule has 0 aromatic heterocycles. The number of benzene rings is 2. The number of aryl methyl sites for hydroxylation is 2. The number of nitrogens with one attached hydrogen (secondary N) is 2. The lowest BCUT2D eigenvalue weighted by atomic mass is 10.0. The number of nitrogens with two attached hydrogens (primary N) is 1. The third-order valence-corrected chi connectivity index (χ3v) is 4.88. The number of para-hydroxylation sites is 1. The maximum absolute atomic E-state index is 12.4. The first-order chi connectivity index (χ1) is 13.6. The number of amides is 2. The number of anilines is 1. The molecule has 1 aliphatic carbocycles. The highest BCUT2D eigenvalue weighted by atomic mass is 35.5. The molecule has 2 aromatic carbocycles. The Hall–Kier alpha value is -2.70. The van der Waals surface area contributed by atoms with E-state index in [1.54, 1.807) is 24.3 Å². The van der Waals surface area contributed by atoms with E-state index in [1.807, 2.05) is 18.2 Å². The van der Waals surface area contributed by atoms with Crippen molar-refractivity contribution in [3.05, 3.63) is 64.7 Å². The fourth-order valence-electron chi connectivity index (χ4n) is 3.40. The van der Waals surface area contributed by atoms with Crippen molar-refractivity contribution in [1.82, 2.24) is 5.32 Å². The quantitative estimate of drug-likeness (QED) is 0.577. The molecular weight excluding hydrogens is 390 g/mol. The van der Waals surface area contributed by atoms with Crippen LogP contribution >= 0.6 is 12.4 Å². The van der Waals surface area contributed by atoms with E-state index in [2.05, 4.69) is 10.6 Å². The summed E-state index contributed by atoms with van der Waals surface area (Å²) in [4.78, 5) is 36.9. The highest BCUT2D eigenvalue weighted by Gasteiger charge is 2.16. The summed E-state index contributed by atoms with van der Waals surface area (Å²) in [6.45, 7) is 0.696. The van der Waals surface area contributed by atoms with E-state index in [0.717, 1.165) is 19.3 Å². The highest BCUT2D eigenvalue weighted by molar-refractivity contribution is 6.05. The summed E-state index contributed by atoms with van der Waals surface area (Å²) in [6.07, 6.45) is 3.42. The Morgan fingerprint density at radius 1 is 0.966 bits per heavy atom. The number of hydrogen-bond donors (Lipinski definition) is 3. The third kappa shape index (κ3) is 5.89. The van der Waals surface area contributed by atoms with E-state index < -0.39 is 0 Å². The average molecular weight is 416 g/mol. The van der Waals surface area contributed by atoms with Gasteiger partial charge in [0.25, 0.3) is 5.91 Å². The van der Waals surface area contributed by atoms with Gasteiger partial charge in [-0.15, -0.1) is 12.4 Å². The predicted octanol–water partition coefficient (Wildman–Crippen LogP) is 2.89. The lowest BCUT2D eigenvalue weighted by Gasteiger charge is -2.11. The van der Waals surface area contributed by atoms with E-state index in [1.165, 1.54) is 11.1 Å². The molecule has 2 amide bonds. The Balaban J connectivity index is 0.00000300. The molecule has 1 aliphatic rings. The van der Waals surface area contributed by atoms with Crippen LogP contribution in [0.3, 0.4) is 0 Å². The van der Waals surface area contributed by atoms with Crippen molar-refractivity contribution in [3.63, 3.8) is 0 Å². The van der Waals surface area contributed by atoms with Gasteiger partial charge in [-0.1, -0.05) is 24.3 Å². The molecule has 0 atom stereocenters. The molecule has 3 rings (SSSR count). The number of carbonyl (C=O) groups excluding carboxylic acids is 3. The summed E-state index contributed by atoms with van der Waals surface area (Å²) < 4.78 is 0. The van der Waals surface area contributed by atoms with Crippen LogP contribution in [0, 0.1) is 0 Å². The van der Waals surface area contributed by atoms with Gasteiger partial charge in [0.05, 0.1) is 11.3 Å². The van der Waals surface area contributed by atoms with Crippen molar-refractivity contribution in [2.75, 3.05) is 18.4 Å². The fourth-order valence-corrected chi connectivity index (χ4v) is 3.40. The Bertz CT molecular complexity index is 899. The Labute approximate surface area is 176 Å². The highest BCUT2D eigenvalue weighted by Crippen LogP contribution is 2.23. The van der Waals surface area contributed by atoms with Crippen LogP contribution in [0.2, 0.25) is 0 Å². The summed E-state index contributed by atoms with van der Waals surface area (Å²) in [5.41, 5.74) is 9.42. The van der Waals surface area contributed by atoms with Gasteiger partial charge in [0.2, 0.25) is 5.91 Å². The van der Waals surface area contributed by atoms with E-state index in [9.17, 15) is 14.4 Å². The van der Waals surface area contributed by atoms with Gasteiger partial charge < -0.3 is 16.4 Å². The zero-order valence-corrected chi connectivity index (χ0v) is 17.0. The molecule has 154 valence electrons. The predicted molar refractivity (Wildman–Crippen MR) is 116 cm³/mol. The Morgan fingerprint density at radius 2 is 1.72 bits per heavy atom. The van der Waals surface area contributed by atoms with Gasteiger partial charge in [-0.3, -0.25) is 14.4 Å². The number of ketones is 1. The smallest absolute Gasteiger partial charge is 0.253 e. The van der Waals surface area contributed by atoms with Crippen LogP contribution in [0.5, 0.6) is 0 Å². The summed E-state index contributed by atoms with van der Waals surface area (Å²) >= 11 is 0. The molecule has 0 spiro atoms. The number of fused-ring (bicyclic) bond motifs is 1. The minimum Gasteiger partial charge on any atom is -0.351 e. The van der Waals surface area contributed by atoms with Crippen molar-refractivity contribution in [1.29, 1.82) is 0 Å².